The maximum Gasteiger partial charge on any atom is 0.292 e. The van der Waals surface area contributed by atoms with Crippen LogP contribution in [0.3, 0.4) is 0 Å². The molecule has 1 fully saturated rings. The Morgan fingerprint density at radius 1 is 1.48 bits per heavy atom. The third kappa shape index (κ3) is 3.66. The van der Waals surface area contributed by atoms with E-state index in [1.54, 1.807) is 6.07 Å². The van der Waals surface area contributed by atoms with Crippen LogP contribution in [-0.2, 0) is 4.74 Å². The molecule has 2 rings (SSSR count). The van der Waals surface area contributed by atoms with E-state index in [0.717, 1.165) is 25.7 Å². The minimum absolute atomic E-state index is 0.0597. The van der Waals surface area contributed by atoms with Crippen molar-refractivity contribution in [3.63, 3.8) is 0 Å². The number of nitro benzene ring substituents is 1. The molecular weight excluding hydrogens is 292 g/mol. The zero-order chi connectivity index (χ0) is 15.5. The summed E-state index contributed by atoms with van der Waals surface area (Å²) in [5.41, 5.74) is 0.425. The Balaban J connectivity index is 2.18. The molecule has 6 heteroatoms. The second-order valence-corrected chi connectivity index (χ2v) is 5.93. The minimum atomic E-state index is -0.384. The van der Waals surface area contributed by atoms with E-state index in [2.05, 4.69) is 19.2 Å². The van der Waals surface area contributed by atoms with E-state index >= 15 is 0 Å². The number of rotatable bonds is 5. The van der Waals surface area contributed by atoms with Gasteiger partial charge in [0.05, 0.1) is 10.5 Å². The van der Waals surface area contributed by atoms with Crippen LogP contribution in [-0.4, -0.2) is 23.2 Å². The van der Waals surface area contributed by atoms with Gasteiger partial charge in [-0.25, -0.2) is 0 Å². The van der Waals surface area contributed by atoms with Gasteiger partial charge in [-0.3, -0.25) is 10.1 Å². The summed E-state index contributed by atoms with van der Waals surface area (Å²) in [6, 6.07) is 4.76. The van der Waals surface area contributed by atoms with Gasteiger partial charge in [-0.05, 0) is 37.8 Å². The van der Waals surface area contributed by atoms with Crippen LogP contribution < -0.4 is 5.32 Å². The molecule has 1 N–H and O–H groups in total. The minimum Gasteiger partial charge on any atom is -0.377 e. The maximum atomic E-state index is 11.1. The molecule has 1 aromatic rings. The van der Waals surface area contributed by atoms with Crippen LogP contribution in [0.15, 0.2) is 18.2 Å². The lowest BCUT2D eigenvalue weighted by Gasteiger charge is -2.40. The van der Waals surface area contributed by atoms with Crippen molar-refractivity contribution in [2.75, 3.05) is 11.9 Å². The molecule has 1 heterocycles. The van der Waals surface area contributed by atoms with Crippen molar-refractivity contribution in [3.8, 4) is 0 Å². The first-order valence-electron chi connectivity index (χ1n) is 7.34. The Hall–Kier alpha value is -1.33. The van der Waals surface area contributed by atoms with E-state index < -0.39 is 0 Å². The number of nitrogens with one attached hydrogen (secondary N) is 1. The smallest absolute Gasteiger partial charge is 0.292 e. The van der Waals surface area contributed by atoms with Crippen LogP contribution in [0.2, 0.25) is 5.02 Å². The zero-order valence-electron chi connectivity index (χ0n) is 12.4. The van der Waals surface area contributed by atoms with Crippen LogP contribution in [0.25, 0.3) is 0 Å². The Labute approximate surface area is 129 Å². The Kier molecular flexibility index (Phi) is 5.06. The normalized spacial score (nSPS) is 21.0. The van der Waals surface area contributed by atoms with E-state index in [9.17, 15) is 10.1 Å². The van der Waals surface area contributed by atoms with Gasteiger partial charge in [-0.15, -0.1) is 0 Å². The number of hydrogen-bond acceptors (Lipinski definition) is 4. The average molecular weight is 313 g/mol. The summed E-state index contributed by atoms with van der Waals surface area (Å²) in [5, 5.41) is 14.9. The number of anilines is 1. The van der Waals surface area contributed by atoms with Crippen LogP contribution >= 0.6 is 11.6 Å². The summed E-state index contributed by atoms with van der Waals surface area (Å²) in [7, 11) is 0. The van der Waals surface area contributed by atoms with Gasteiger partial charge in [0, 0.05) is 23.7 Å². The third-order valence-electron chi connectivity index (χ3n) is 4.30. The number of halogens is 1. The van der Waals surface area contributed by atoms with Crippen molar-refractivity contribution in [2.45, 2.75) is 51.2 Å². The molecule has 5 nitrogen and oxygen atoms in total. The molecule has 1 unspecified atom stereocenters. The predicted molar refractivity (Wildman–Crippen MR) is 84.0 cm³/mol. The van der Waals surface area contributed by atoms with E-state index in [-0.39, 0.29) is 22.3 Å². The fraction of sp³-hybridized carbons (Fsp3) is 0.600. The fourth-order valence-corrected chi connectivity index (χ4v) is 3.07. The van der Waals surface area contributed by atoms with Crippen LogP contribution in [0.5, 0.6) is 0 Å². The van der Waals surface area contributed by atoms with Crippen LogP contribution in [0.4, 0.5) is 11.4 Å². The molecule has 0 spiro atoms. The maximum absolute atomic E-state index is 11.1. The molecule has 0 aromatic heterocycles. The molecule has 21 heavy (non-hydrogen) atoms. The molecule has 1 atom stereocenters. The van der Waals surface area contributed by atoms with Crippen LogP contribution in [0.1, 0.15) is 39.5 Å². The Morgan fingerprint density at radius 3 is 2.81 bits per heavy atom. The van der Waals surface area contributed by atoms with Gasteiger partial charge in [-0.2, -0.15) is 0 Å². The Bertz CT molecular complexity index is 518. The molecule has 1 saturated heterocycles. The van der Waals surface area contributed by atoms with Gasteiger partial charge in [0.25, 0.3) is 5.69 Å². The zero-order valence-corrected chi connectivity index (χ0v) is 13.2. The summed E-state index contributed by atoms with van der Waals surface area (Å²) in [5.74, 6) is 0. The predicted octanol–water partition coefficient (Wildman–Crippen LogP) is 4.40. The second kappa shape index (κ2) is 6.62. The van der Waals surface area contributed by atoms with Crippen molar-refractivity contribution >= 4 is 23.0 Å². The van der Waals surface area contributed by atoms with Crippen molar-refractivity contribution in [2.24, 2.45) is 0 Å². The van der Waals surface area contributed by atoms with Gasteiger partial charge in [-0.1, -0.05) is 25.4 Å². The highest BCUT2D eigenvalue weighted by Crippen LogP contribution is 2.35. The SMILES string of the molecule is CCC1(CC)CC(Nc2cc(Cl)ccc2[N+](=O)[O-])CCO1. The highest BCUT2D eigenvalue weighted by Gasteiger charge is 2.35. The van der Waals surface area contributed by atoms with Gasteiger partial charge in [0.2, 0.25) is 0 Å². The van der Waals surface area contributed by atoms with E-state index in [4.69, 9.17) is 16.3 Å². The monoisotopic (exact) mass is 312 g/mol. The highest BCUT2D eigenvalue weighted by atomic mass is 35.5. The van der Waals surface area contributed by atoms with Gasteiger partial charge >= 0.3 is 0 Å². The summed E-state index contributed by atoms with van der Waals surface area (Å²) in [6.45, 7) is 4.91. The van der Waals surface area contributed by atoms with Crippen molar-refractivity contribution < 1.29 is 9.66 Å². The topological polar surface area (TPSA) is 64.4 Å². The molecule has 1 aromatic carbocycles. The largest absolute Gasteiger partial charge is 0.377 e. The molecule has 0 aliphatic carbocycles. The summed E-state index contributed by atoms with van der Waals surface area (Å²) in [6.07, 6.45) is 3.58. The van der Waals surface area contributed by atoms with E-state index in [0.29, 0.717) is 17.3 Å². The summed E-state index contributed by atoms with van der Waals surface area (Å²) >= 11 is 5.96. The average Bonchev–Trinajstić information content (AvgIpc) is 2.47. The highest BCUT2D eigenvalue weighted by molar-refractivity contribution is 6.31. The number of ether oxygens (including phenoxy) is 1. The molecule has 0 radical (unpaired) electrons. The van der Waals surface area contributed by atoms with Crippen molar-refractivity contribution in [3.05, 3.63) is 33.3 Å². The standard InChI is InChI=1S/C15H21ClN2O3/c1-3-15(4-2)10-12(7-8-21-15)17-13-9-11(16)5-6-14(13)18(19)20/h5-6,9,12,17H,3-4,7-8,10H2,1-2H3. The Morgan fingerprint density at radius 2 is 2.19 bits per heavy atom. The summed E-state index contributed by atoms with van der Waals surface area (Å²) in [4.78, 5) is 10.7. The number of nitro groups is 1. The van der Waals surface area contributed by atoms with Crippen molar-refractivity contribution in [1.82, 2.24) is 0 Å². The number of nitrogens with zero attached hydrogens (tertiary/aromatic N) is 1. The van der Waals surface area contributed by atoms with Gasteiger partial charge in [0.1, 0.15) is 5.69 Å². The van der Waals surface area contributed by atoms with E-state index in [1.807, 2.05) is 0 Å². The first-order valence-corrected chi connectivity index (χ1v) is 7.72. The molecule has 0 amide bonds. The molecule has 1 aliphatic rings. The van der Waals surface area contributed by atoms with Gasteiger partial charge < -0.3 is 10.1 Å². The molecule has 0 saturated carbocycles. The van der Waals surface area contributed by atoms with Crippen LogP contribution in [0, 0.1) is 10.1 Å². The van der Waals surface area contributed by atoms with E-state index in [1.165, 1.54) is 12.1 Å². The lowest BCUT2D eigenvalue weighted by atomic mass is 9.86. The second-order valence-electron chi connectivity index (χ2n) is 5.49. The van der Waals surface area contributed by atoms with Gasteiger partial charge in [0.15, 0.2) is 0 Å². The lowest BCUT2D eigenvalue weighted by Crippen LogP contribution is -2.43. The first kappa shape index (κ1) is 16.0. The number of hydrogen-bond donors (Lipinski definition) is 1. The summed E-state index contributed by atoms with van der Waals surface area (Å²) < 4.78 is 5.93. The lowest BCUT2D eigenvalue weighted by molar-refractivity contribution is -0.384. The third-order valence-corrected chi connectivity index (χ3v) is 4.53. The molecule has 116 valence electrons. The molecule has 1 aliphatic heterocycles. The fourth-order valence-electron chi connectivity index (χ4n) is 2.90. The molecule has 0 bridgehead atoms. The number of benzene rings is 1. The quantitative estimate of drug-likeness (QED) is 0.646. The molecular formula is C15H21ClN2O3. The van der Waals surface area contributed by atoms with Crippen molar-refractivity contribution in [1.29, 1.82) is 0 Å². The first-order chi connectivity index (χ1) is 9.99.